The summed E-state index contributed by atoms with van der Waals surface area (Å²) in [5.41, 5.74) is 0.751. The van der Waals surface area contributed by atoms with Gasteiger partial charge in [0.1, 0.15) is 11.5 Å². The monoisotopic (exact) mass is 370 g/mol. The highest BCUT2D eigenvalue weighted by Gasteiger charge is 2.41. The van der Waals surface area contributed by atoms with Crippen LogP contribution in [0.3, 0.4) is 0 Å². The summed E-state index contributed by atoms with van der Waals surface area (Å²) >= 11 is 0. The highest BCUT2D eigenvalue weighted by Crippen LogP contribution is 2.61. The number of hydrogen-bond acceptors (Lipinski definition) is 7. The van der Waals surface area contributed by atoms with E-state index in [0.29, 0.717) is 11.5 Å². The van der Waals surface area contributed by atoms with E-state index in [1.165, 1.54) is 0 Å². The average molecular weight is 370 g/mol. The topological polar surface area (TPSA) is 80.3 Å². The molecule has 0 N–H and O–H groups in total. The van der Waals surface area contributed by atoms with E-state index in [2.05, 4.69) is 6.58 Å². The first-order valence-electron chi connectivity index (χ1n) is 7.90. The third-order valence-corrected chi connectivity index (χ3v) is 5.84. The molecule has 2 rings (SSSR count). The second-order valence-corrected chi connectivity index (χ2v) is 7.47. The average Bonchev–Trinajstić information content (AvgIpc) is 3.06. The minimum absolute atomic E-state index is 0.102. The van der Waals surface area contributed by atoms with Gasteiger partial charge in [-0.2, -0.15) is 0 Å². The van der Waals surface area contributed by atoms with Gasteiger partial charge in [0.2, 0.25) is 0 Å². The Hall–Kier alpha value is -1.82. The molecule has 1 unspecified atom stereocenters. The fraction of sp³-hybridized carbons (Fsp3) is 0.471. The first-order valence-corrected chi connectivity index (χ1v) is 9.44. The van der Waals surface area contributed by atoms with Crippen LogP contribution in [0.2, 0.25) is 0 Å². The number of methoxy groups -OCH3 is 2. The lowest BCUT2D eigenvalue weighted by Gasteiger charge is -2.21. The first-order chi connectivity index (χ1) is 11.9. The molecule has 8 heteroatoms. The Morgan fingerprint density at radius 1 is 1.20 bits per heavy atom. The van der Waals surface area contributed by atoms with Gasteiger partial charge in [-0.25, -0.2) is 0 Å². The van der Waals surface area contributed by atoms with Crippen LogP contribution in [0.25, 0.3) is 0 Å². The molecule has 25 heavy (non-hydrogen) atoms. The predicted molar refractivity (Wildman–Crippen MR) is 92.0 cm³/mol. The molecule has 0 saturated carbocycles. The maximum Gasteiger partial charge on any atom is 0.357 e. The van der Waals surface area contributed by atoms with E-state index in [0.717, 1.165) is 5.56 Å². The standard InChI is InChI=1S/C17H23O7P/c1-5-22-17(18)16(12(2)25(19)23-6-7-24-25)10-13-8-14(20-3)11-15(9-13)21-4/h8-9,11,16H,2,5-7,10H2,1,3-4H3. The van der Waals surface area contributed by atoms with E-state index in [4.69, 9.17) is 23.3 Å². The summed E-state index contributed by atoms with van der Waals surface area (Å²) in [6.07, 6.45) is 0.210. The zero-order chi connectivity index (χ0) is 18.4. The number of esters is 1. The Morgan fingerprint density at radius 2 is 1.76 bits per heavy atom. The van der Waals surface area contributed by atoms with Crippen molar-refractivity contribution in [2.45, 2.75) is 13.3 Å². The summed E-state index contributed by atoms with van der Waals surface area (Å²) in [5, 5.41) is 0.102. The van der Waals surface area contributed by atoms with Crippen molar-refractivity contribution in [3.05, 3.63) is 35.7 Å². The normalized spacial score (nSPS) is 16.9. The van der Waals surface area contributed by atoms with Crippen molar-refractivity contribution < 1.29 is 32.6 Å². The van der Waals surface area contributed by atoms with Gasteiger partial charge < -0.3 is 23.3 Å². The molecule has 0 amide bonds. The number of carbonyl (C=O) groups is 1. The van der Waals surface area contributed by atoms with Crippen LogP contribution in [-0.4, -0.2) is 40.0 Å². The summed E-state index contributed by atoms with van der Waals surface area (Å²) in [5.74, 6) is -0.213. The van der Waals surface area contributed by atoms with E-state index in [-0.39, 0.29) is 31.6 Å². The maximum atomic E-state index is 12.7. The van der Waals surface area contributed by atoms with Crippen LogP contribution in [0, 0.1) is 5.92 Å². The number of hydrogen-bond donors (Lipinski definition) is 0. The quantitative estimate of drug-likeness (QED) is 0.513. The van der Waals surface area contributed by atoms with Crippen molar-refractivity contribution in [1.82, 2.24) is 0 Å². The molecule has 1 saturated heterocycles. The number of rotatable bonds is 8. The third-order valence-electron chi connectivity index (χ3n) is 3.78. The summed E-state index contributed by atoms with van der Waals surface area (Å²) in [4.78, 5) is 12.4. The van der Waals surface area contributed by atoms with E-state index in [1.54, 1.807) is 39.3 Å². The summed E-state index contributed by atoms with van der Waals surface area (Å²) in [6, 6.07) is 5.27. The van der Waals surface area contributed by atoms with Crippen molar-refractivity contribution in [1.29, 1.82) is 0 Å². The molecule has 1 fully saturated rings. The molecule has 0 aliphatic carbocycles. The lowest BCUT2D eigenvalue weighted by molar-refractivity contribution is -0.146. The van der Waals surface area contributed by atoms with Gasteiger partial charge in [0.15, 0.2) is 0 Å². The summed E-state index contributed by atoms with van der Waals surface area (Å²) in [6.45, 7) is 6.14. The zero-order valence-corrected chi connectivity index (χ0v) is 15.5. The molecule has 7 nitrogen and oxygen atoms in total. The van der Waals surface area contributed by atoms with Gasteiger partial charge in [-0.05, 0) is 31.0 Å². The van der Waals surface area contributed by atoms with E-state index in [1.807, 2.05) is 0 Å². The lowest BCUT2D eigenvalue weighted by Crippen LogP contribution is -2.22. The SMILES string of the molecule is C=C(C(Cc1cc(OC)cc(OC)c1)C(=O)OCC)P1(=O)OCCO1. The van der Waals surface area contributed by atoms with Crippen molar-refractivity contribution in [2.24, 2.45) is 5.92 Å². The van der Waals surface area contributed by atoms with Crippen molar-refractivity contribution in [3.8, 4) is 11.5 Å². The molecular formula is C17H23O7P. The minimum Gasteiger partial charge on any atom is -0.497 e. The summed E-state index contributed by atoms with van der Waals surface area (Å²) < 4.78 is 38.7. The Balaban J connectivity index is 2.32. The van der Waals surface area contributed by atoms with Gasteiger partial charge in [0.25, 0.3) is 0 Å². The fourth-order valence-electron chi connectivity index (χ4n) is 2.51. The van der Waals surface area contributed by atoms with Gasteiger partial charge in [-0.3, -0.25) is 9.36 Å². The molecule has 1 heterocycles. The van der Waals surface area contributed by atoms with Gasteiger partial charge >= 0.3 is 13.6 Å². The third kappa shape index (κ3) is 4.63. The van der Waals surface area contributed by atoms with Gasteiger partial charge in [0.05, 0.1) is 40.0 Å². The molecule has 1 aliphatic rings. The Morgan fingerprint density at radius 3 is 2.24 bits per heavy atom. The van der Waals surface area contributed by atoms with E-state index >= 15 is 0 Å². The maximum absolute atomic E-state index is 12.7. The van der Waals surface area contributed by atoms with E-state index in [9.17, 15) is 9.36 Å². The molecule has 1 aromatic carbocycles. The molecule has 0 spiro atoms. The van der Waals surface area contributed by atoms with Crippen molar-refractivity contribution >= 4 is 13.6 Å². The van der Waals surface area contributed by atoms with E-state index < -0.39 is 19.5 Å². The Bertz CT molecular complexity index is 653. The smallest absolute Gasteiger partial charge is 0.357 e. The second kappa shape index (κ2) is 8.52. The molecule has 0 aromatic heterocycles. The van der Waals surface area contributed by atoms with Crippen LogP contribution in [0.15, 0.2) is 30.1 Å². The van der Waals surface area contributed by atoms with Gasteiger partial charge in [-0.1, -0.05) is 6.58 Å². The molecule has 0 bridgehead atoms. The first kappa shape index (κ1) is 19.5. The summed E-state index contributed by atoms with van der Waals surface area (Å²) in [7, 11) is -0.446. The van der Waals surface area contributed by atoms with Crippen LogP contribution >= 0.6 is 7.60 Å². The molecule has 138 valence electrons. The van der Waals surface area contributed by atoms with Crippen molar-refractivity contribution in [3.63, 3.8) is 0 Å². The van der Waals surface area contributed by atoms with Crippen LogP contribution in [0.1, 0.15) is 12.5 Å². The van der Waals surface area contributed by atoms with Crippen LogP contribution in [0.5, 0.6) is 11.5 Å². The molecule has 1 atom stereocenters. The number of carbonyl (C=O) groups excluding carboxylic acids is 1. The number of benzene rings is 1. The number of ether oxygens (including phenoxy) is 3. The predicted octanol–water partition coefficient (Wildman–Crippen LogP) is 3.18. The molecule has 1 aromatic rings. The van der Waals surface area contributed by atoms with Crippen LogP contribution < -0.4 is 9.47 Å². The second-order valence-electron chi connectivity index (χ2n) is 5.38. The molecular weight excluding hydrogens is 347 g/mol. The largest absolute Gasteiger partial charge is 0.497 e. The molecule has 1 aliphatic heterocycles. The minimum atomic E-state index is -3.53. The lowest BCUT2D eigenvalue weighted by atomic mass is 9.98. The highest BCUT2D eigenvalue weighted by atomic mass is 31.2. The Labute approximate surface area is 147 Å². The van der Waals surface area contributed by atoms with Crippen molar-refractivity contribution in [2.75, 3.05) is 34.0 Å². The van der Waals surface area contributed by atoms with Crippen LogP contribution in [0.4, 0.5) is 0 Å². The fourth-order valence-corrected chi connectivity index (χ4v) is 4.12. The van der Waals surface area contributed by atoms with Gasteiger partial charge in [-0.15, -0.1) is 0 Å². The highest BCUT2D eigenvalue weighted by molar-refractivity contribution is 7.58. The molecule has 0 radical (unpaired) electrons. The zero-order valence-electron chi connectivity index (χ0n) is 14.6. The van der Waals surface area contributed by atoms with Crippen LogP contribution in [-0.2, 0) is 29.6 Å². The Kier molecular flexibility index (Phi) is 6.64. The van der Waals surface area contributed by atoms with Gasteiger partial charge in [0, 0.05) is 11.4 Å².